The van der Waals surface area contributed by atoms with E-state index in [-0.39, 0.29) is 17.3 Å². The average Bonchev–Trinajstić information content (AvgIpc) is 2.38. The minimum absolute atomic E-state index is 0.0132. The van der Waals surface area contributed by atoms with Gasteiger partial charge in [0, 0.05) is 23.8 Å². The first kappa shape index (κ1) is 16.3. The quantitative estimate of drug-likeness (QED) is 0.868. The Morgan fingerprint density at radius 3 is 2.45 bits per heavy atom. The number of nitrogens with one attached hydrogen (secondary N) is 2. The molecule has 20 heavy (non-hydrogen) atoms. The molecule has 3 nitrogen and oxygen atoms in total. The van der Waals surface area contributed by atoms with Crippen LogP contribution in [0.3, 0.4) is 0 Å². The first-order chi connectivity index (χ1) is 9.29. The number of carbonyl (C=O) groups excluding carboxylic acids is 1. The summed E-state index contributed by atoms with van der Waals surface area (Å²) in [4.78, 5) is 11.9. The summed E-state index contributed by atoms with van der Waals surface area (Å²) in [5, 5.41) is 5.30. The molecular formula is C14H19F3N2O. The maximum atomic E-state index is 13.0. The van der Waals surface area contributed by atoms with Crippen molar-refractivity contribution < 1.29 is 18.0 Å². The van der Waals surface area contributed by atoms with Crippen LogP contribution in [0.4, 0.5) is 18.9 Å². The summed E-state index contributed by atoms with van der Waals surface area (Å²) in [5.41, 5.74) is -0.824. The Labute approximate surface area is 116 Å². The first-order valence-corrected chi connectivity index (χ1v) is 6.55. The molecule has 2 N–H and O–H groups in total. The molecule has 0 saturated heterocycles. The smallest absolute Gasteiger partial charge is 0.385 e. The maximum absolute atomic E-state index is 13.0. The predicted molar refractivity (Wildman–Crippen MR) is 72.8 cm³/mol. The summed E-state index contributed by atoms with van der Waals surface area (Å²) >= 11 is 0. The fraction of sp³-hybridized carbons (Fsp3) is 0.500. The lowest BCUT2D eigenvalue weighted by molar-refractivity contribution is -0.137. The summed E-state index contributed by atoms with van der Waals surface area (Å²) < 4.78 is 38.9. The van der Waals surface area contributed by atoms with Crippen molar-refractivity contribution in [3.63, 3.8) is 0 Å². The van der Waals surface area contributed by atoms with Crippen LogP contribution in [0, 0.1) is 0 Å². The Balaban J connectivity index is 3.09. The van der Waals surface area contributed by atoms with Crippen molar-refractivity contribution in [1.29, 1.82) is 0 Å². The van der Waals surface area contributed by atoms with Crippen molar-refractivity contribution in [2.24, 2.45) is 0 Å². The molecule has 0 radical (unpaired) electrons. The van der Waals surface area contributed by atoms with Crippen molar-refractivity contribution in [3.05, 3.63) is 29.3 Å². The van der Waals surface area contributed by atoms with Crippen molar-refractivity contribution >= 4 is 11.6 Å². The number of alkyl halides is 3. The molecule has 1 atom stereocenters. The van der Waals surface area contributed by atoms with Gasteiger partial charge < -0.3 is 10.6 Å². The van der Waals surface area contributed by atoms with Gasteiger partial charge in [-0.2, -0.15) is 13.2 Å². The van der Waals surface area contributed by atoms with Crippen LogP contribution >= 0.6 is 0 Å². The molecule has 0 aliphatic heterocycles. The number of hydrogen-bond donors (Lipinski definition) is 2. The Morgan fingerprint density at radius 2 is 1.95 bits per heavy atom. The molecule has 0 aromatic heterocycles. The average molecular weight is 288 g/mol. The van der Waals surface area contributed by atoms with Crippen LogP contribution in [-0.4, -0.2) is 18.5 Å². The van der Waals surface area contributed by atoms with Crippen LogP contribution in [0.5, 0.6) is 0 Å². The molecule has 1 amide bonds. The highest BCUT2D eigenvalue weighted by atomic mass is 19.4. The molecule has 1 aromatic rings. The molecule has 0 aliphatic carbocycles. The Kier molecular flexibility index (Phi) is 5.42. The maximum Gasteiger partial charge on any atom is 0.418 e. The molecule has 0 bridgehead atoms. The predicted octanol–water partition coefficient (Wildman–Crippen LogP) is 3.67. The molecule has 6 heteroatoms. The van der Waals surface area contributed by atoms with Gasteiger partial charge in [0.1, 0.15) is 0 Å². The lowest BCUT2D eigenvalue weighted by Gasteiger charge is -2.16. The zero-order chi connectivity index (χ0) is 15.3. The number of halogens is 3. The summed E-state index contributed by atoms with van der Waals surface area (Å²) in [5.74, 6) is -0.493. The molecule has 0 fully saturated rings. The zero-order valence-electron chi connectivity index (χ0n) is 11.8. The number of anilines is 1. The molecule has 1 aromatic carbocycles. The van der Waals surface area contributed by atoms with E-state index in [9.17, 15) is 18.0 Å². The monoisotopic (exact) mass is 288 g/mol. The Bertz CT molecular complexity index is 472. The molecule has 1 rings (SSSR count). The van der Waals surface area contributed by atoms with Crippen LogP contribution in [0.25, 0.3) is 0 Å². The van der Waals surface area contributed by atoms with Gasteiger partial charge in [0.15, 0.2) is 0 Å². The largest absolute Gasteiger partial charge is 0.418 e. The van der Waals surface area contributed by atoms with E-state index >= 15 is 0 Å². The van der Waals surface area contributed by atoms with Crippen molar-refractivity contribution in [2.45, 2.75) is 39.4 Å². The highest BCUT2D eigenvalue weighted by molar-refractivity contribution is 5.95. The lowest BCUT2D eigenvalue weighted by atomic mass is 10.1. The van der Waals surface area contributed by atoms with E-state index in [2.05, 4.69) is 10.6 Å². The van der Waals surface area contributed by atoms with Gasteiger partial charge >= 0.3 is 6.18 Å². The van der Waals surface area contributed by atoms with E-state index in [4.69, 9.17) is 0 Å². The summed E-state index contributed by atoms with van der Waals surface area (Å²) in [6.07, 6.45) is -3.78. The summed E-state index contributed by atoms with van der Waals surface area (Å²) in [6.45, 7) is 5.78. The van der Waals surface area contributed by atoms with Gasteiger partial charge in [-0.25, -0.2) is 0 Å². The van der Waals surface area contributed by atoms with Gasteiger partial charge in [-0.15, -0.1) is 0 Å². The van der Waals surface area contributed by atoms with Gasteiger partial charge in [0.2, 0.25) is 0 Å². The van der Waals surface area contributed by atoms with Crippen LogP contribution in [-0.2, 0) is 6.18 Å². The number of rotatable bonds is 5. The Hall–Kier alpha value is -1.72. The SMILES string of the molecule is CCNc1ccc(C(=O)NC(C)CC)cc1C(F)(F)F. The van der Waals surface area contributed by atoms with Crippen molar-refractivity contribution in [3.8, 4) is 0 Å². The summed E-state index contributed by atoms with van der Waals surface area (Å²) in [7, 11) is 0. The normalized spacial score (nSPS) is 12.9. The van der Waals surface area contributed by atoms with E-state index in [1.165, 1.54) is 12.1 Å². The van der Waals surface area contributed by atoms with Gasteiger partial charge in [0.25, 0.3) is 5.91 Å². The number of amides is 1. The highest BCUT2D eigenvalue weighted by Gasteiger charge is 2.34. The topological polar surface area (TPSA) is 41.1 Å². The van der Waals surface area contributed by atoms with Crippen LogP contribution in [0.1, 0.15) is 43.1 Å². The highest BCUT2D eigenvalue weighted by Crippen LogP contribution is 2.35. The molecule has 112 valence electrons. The second kappa shape index (κ2) is 6.63. The molecule has 0 aliphatic rings. The number of benzene rings is 1. The van der Waals surface area contributed by atoms with E-state index in [0.29, 0.717) is 13.0 Å². The van der Waals surface area contributed by atoms with Crippen LogP contribution < -0.4 is 10.6 Å². The second-order valence-corrected chi connectivity index (χ2v) is 4.57. The Morgan fingerprint density at radius 1 is 1.30 bits per heavy atom. The minimum atomic E-state index is -4.50. The fourth-order valence-electron chi connectivity index (χ4n) is 1.67. The van der Waals surface area contributed by atoms with E-state index in [1.54, 1.807) is 13.8 Å². The minimum Gasteiger partial charge on any atom is -0.385 e. The van der Waals surface area contributed by atoms with E-state index < -0.39 is 17.6 Å². The summed E-state index contributed by atoms with van der Waals surface area (Å²) in [6, 6.07) is 3.49. The molecule has 0 saturated carbocycles. The molecule has 0 heterocycles. The zero-order valence-corrected chi connectivity index (χ0v) is 11.8. The second-order valence-electron chi connectivity index (χ2n) is 4.57. The third kappa shape index (κ3) is 4.15. The fourth-order valence-corrected chi connectivity index (χ4v) is 1.67. The number of hydrogen-bond acceptors (Lipinski definition) is 2. The van der Waals surface area contributed by atoms with Gasteiger partial charge in [-0.3, -0.25) is 4.79 Å². The molecule has 1 unspecified atom stereocenters. The van der Waals surface area contributed by atoms with E-state index in [0.717, 1.165) is 6.07 Å². The van der Waals surface area contributed by atoms with Gasteiger partial charge in [-0.1, -0.05) is 6.92 Å². The van der Waals surface area contributed by atoms with Crippen LogP contribution in [0.15, 0.2) is 18.2 Å². The van der Waals surface area contributed by atoms with E-state index in [1.807, 2.05) is 6.92 Å². The van der Waals surface area contributed by atoms with Crippen molar-refractivity contribution in [2.75, 3.05) is 11.9 Å². The van der Waals surface area contributed by atoms with Gasteiger partial charge in [-0.05, 0) is 38.5 Å². The lowest BCUT2D eigenvalue weighted by Crippen LogP contribution is -2.32. The number of carbonyl (C=O) groups is 1. The van der Waals surface area contributed by atoms with Gasteiger partial charge in [0.05, 0.1) is 5.56 Å². The first-order valence-electron chi connectivity index (χ1n) is 6.55. The molecule has 0 spiro atoms. The van der Waals surface area contributed by atoms with Crippen molar-refractivity contribution in [1.82, 2.24) is 5.32 Å². The third-order valence-electron chi connectivity index (χ3n) is 2.94. The molecular weight excluding hydrogens is 269 g/mol. The van der Waals surface area contributed by atoms with Crippen LogP contribution in [0.2, 0.25) is 0 Å². The third-order valence-corrected chi connectivity index (χ3v) is 2.94. The standard InChI is InChI=1S/C14H19F3N2O/c1-4-9(3)19-13(20)10-6-7-12(18-5-2)11(8-10)14(15,16)17/h6-9,18H,4-5H2,1-3H3,(H,19,20).